The number of hydrogen-bond donors (Lipinski definition) is 1. The maximum atomic E-state index is 12.5. The van der Waals surface area contributed by atoms with E-state index < -0.39 is 0 Å². The second kappa shape index (κ2) is 8.55. The van der Waals surface area contributed by atoms with E-state index in [4.69, 9.17) is 16.3 Å². The molecule has 0 saturated heterocycles. The lowest BCUT2D eigenvalue weighted by Gasteiger charge is -2.11. The fourth-order valence-corrected chi connectivity index (χ4v) is 3.42. The topological polar surface area (TPSA) is 69.0 Å². The number of nitrogens with one attached hydrogen (secondary N) is 1. The van der Waals surface area contributed by atoms with Gasteiger partial charge in [0, 0.05) is 36.4 Å². The van der Waals surface area contributed by atoms with Crippen LogP contribution in [0.5, 0.6) is 5.88 Å². The third-order valence-electron chi connectivity index (χ3n) is 4.97. The minimum Gasteiger partial charge on any atom is -0.481 e. The van der Waals surface area contributed by atoms with Crippen molar-refractivity contribution in [3.8, 4) is 17.0 Å². The molecule has 0 fully saturated rings. The Kier molecular flexibility index (Phi) is 5.68. The molecular formula is C23H21ClN4O2. The van der Waals surface area contributed by atoms with Crippen LogP contribution >= 0.6 is 11.6 Å². The Labute approximate surface area is 179 Å². The first-order chi connectivity index (χ1) is 14.5. The van der Waals surface area contributed by atoms with Crippen LogP contribution in [0.3, 0.4) is 0 Å². The molecule has 2 aromatic carbocycles. The quantitative estimate of drug-likeness (QED) is 0.503. The summed E-state index contributed by atoms with van der Waals surface area (Å²) >= 11 is 6.04. The Morgan fingerprint density at radius 3 is 2.53 bits per heavy atom. The van der Waals surface area contributed by atoms with Crippen LogP contribution < -0.4 is 15.6 Å². The van der Waals surface area contributed by atoms with E-state index in [9.17, 15) is 4.79 Å². The molecule has 0 saturated carbocycles. The molecule has 0 amide bonds. The van der Waals surface area contributed by atoms with Crippen molar-refractivity contribution in [3.63, 3.8) is 0 Å². The normalized spacial score (nSPS) is 10.9. The molecule has 2 heterocycles. The Morgan fingerprint density at radius 1 is 1.07 bits per heavy atom. The number of benzene rings is 2. The van der Waals surface area contributed by atoms with Gasteiger partial charge in [-0.1, -0.05) is 35.9 Å². The van der Waals surface area contributed by atoms with Gasteiger partial charge in [-0.25, -0.2) is 9.97 Å². The first-order valence-corrected chi connectivity index (χ1v) is 9.92. The van der Waals surface area contributed by atoms with Gasteiger partial charge in [-0.2, -0.15) is 0 Å². The maximum absolute atomic E-state index is 12.5. The third-order valence-corrected chi connectivity index (χ3v) is 5.20. The number of halogens is 1. The van der Waals surface area contributed by atoms with Gasteiger partial charge >= 0.3 is 0 Å². The third kappa shape index (κ3) is 4.14. The monoisotopic (exact) mass is 420 g/mol. The van der Waals surface area contributed by atoms with Crippen LogP contribution in [0, 0.1) is 0 Å². The predicted molar refractivity (Wildman–Crippen MR) is 120 cm³/mol. The number of aromatic nitrogens is 3. The highest BCUT2D eigenvalue weighted by Crippen LogP contribution is 2.21. The second-order valence-corrected chi connectivity index (χ2v) is 7.36. The SMILES string of the molecule is COc1ccc(-c2ccc(CCNc3nc4cc(Cl)ccc4c(=O)n3C)cc2)cn1. The van der Waals surface area contributed by atoms with Crippen molar-refractivity contribution in [1.29, 1.82) is 0 Å². The molecule has 2 aromatic heterocycles. The molecule has 30 heavy (non-hydrogen) atoms. The molecule has 4 rings (SSSR count). The van der Waals surface area contributed by atoms with Gasteiger partial charge in [0.15, 0.2) is 0 Å². The van der Waals surface area contributed by atoms with Crippen molar-refractivity contribution >= 4 is 28.5 Å². The molecule has 0 aliphatic carbocycles. The zero-order chi connectivity index (χ0) is 21.1. The van der Waals surface area contributed by atoms with Crippen LogP contribution in [0.15, 0.2) is 65.6 Å². The molecule has 0 bridgehead atoms. The molecule has 0 aliphatic heterocycles. The molecule has 4 aromatic rings. The number of rotatable bonds is 6. The highest BCUT2D eigenvalue weighted by Gasteiger charge is 2.08. The van der Waals surface area contributed by atoms with Crippen molar-refractivity contribution in [1.82, 2.24) is 14.5 Å². The molecule has 0 spiro atoms. The van der Waals surface area contributed by atoms with Gasteiger partial charge in [-0.15, -0.1) is 0 Å². The van der Waals surface area contributed by atoms with Crippen molar-refractivity contribution in [2.24, 2.45) is 7.05 Å². The van der Waals surface area contributed by atoms with Crippen molar-refractivity contribution < 1.29 is 4.74 Å². The Bertz CT molecular complexity index is 1240. The van der Waals surface area contributed by atoms with E-state index in [0.717, 1.165) is 17.5 Å². The number of fused-ring (bicyclic) bond motifs is 1. The van der Waals surface area contributed by atoms with Gasteiger partial charge < -0.3 is 10.1 Å². The fraction of sp³-hybridized carbons (Fsp3) is 0.174. The molecule has 7 heteroatoms. The smallest absolute Gasteiger partial charge is 0.262 e. The molecule has 0 unspecified atom stereocenters. The number of pyridine rings is 1. The van der Waals surface area contributed by atoms with Crippen molar-refractivity contribution in [3.05, 3.63) is 81.7 Å². The lowest BCUT2D eigenvalue weighted by Crippen LogP contribution is -2.23. The highest BCUT2D eigenvalue weighted by molar-refractivity contribution is 6.31. The first kappa shape index (κ1) is 19.9. The average Bonchev–Trinajstić information content (AvgIpc) is 2.77. The van der Waals surface area contributed by atoms with Gasteiger partial charge in [0.25, 0.3) is 5.56 Å². The van der Waals surface area contributed by atoms with E-state index in [1.54, 1.807) is 38.6 Å². The summed E-state index contributed by atoms with van der Waals surface area (Å²) < 4.78 is 6.62. The zero-order valence-corrected chi connectivity index (χ0v) is 17.5. The molecule has 6 nitrogen and oxygen atoms in total. The summed E-state index contributed by atoms with van der Waals surface area (Å²) in [5.74, 6) is 1.12. The first-order valence-electron chi connectivity index (χ1n) is 9.54. The van der Waals surface area contributed by atoms with E-state index >= 15 is 0 Å². The summed E-state index contributed by atoms with van der Waals surface area (Å²) in [4.78, 5) is 21.3. The van der Waals surface area contributed by atoms with Crippen LogP contribution in [-0.4, -0.2) is 28.2 Å². The number of methoxy groups -OCH3 is 1. The van der Waals surface area contributed by atoms with E-state index in [1.165, 1.54) is 10.1 Å². The largest absolute Gasteiger partial charge is 0.481 e. The molecular weight excluding hydrogens is 400 g/mol. The van der Waals surface area contributed by atoms with Gasteiger partial charge in [0.05, 0.1) is 18.0 Å². The van der Waals surface area contributed by atoms with Gasteiger partial charge in [-0.05, 0) is 41.8 Å². The van der Waals surface area contributed by atoms with Crippen LogP contribution in [0.4, 0.5) is 5.95 Å². The van der Waals surface area contributed by atoms with Crippen molar-refractivity contribution in [2.75, 3.05) is 19.0 Å². The lowest BCUT2D eigenvalue weighted by molar-refractivity contribution is 0.398. The Morgan fingerprint density at radius 2 is 1.83 bits per heavy atom. The number of nitrogens with zero attached hydrogens (tertiary/aromatic N) is 3. The standard InChI is InChI=1S/C23H21ClN4O2/c1-28-22(29)19-9-8-18(24)13-20(19)27-23(28)25-12-11-15-3-5-16(6-4-15)17-7-10-21(30-2)26-14-17/h3-10,13-14H,11-12H2,1-2H3,(H,25,27). The highest BCUT2D eigenvalue weighted by atomic mass is 35.5. The summed E-state index contributed by atoms with van der Waals surface area (Å²) in [5.41, 5.74) is 3.80. The minimum absolute atomic E-state index is 0.100. The summed E-state index contributed by atoms with van der Waals surface area (Å²) in [6, 6.07) is 17.3. The Balaban J connectivity index is 1.44. The lowest BCUT2D eigenvalue weighted by atomic mass is 10.0. The zero-order valence-electron chi connectivity index (χ0n) is 16.7. The maximum Gasteiger partial charge on any atom is 0.262 e. The molecule has 0 radical (unpaired) electrons. The number of ether oxygens (including phenoxy) is 1. The molecule has 0 aliphatic rings. The van der Waals surface area contributed by atoms with E-state index in [1.807, 2.05) is 12.1 Å². The van der Waals surface area contributed by atoms with Gasteiger partial charge in [0.2, 0.25) is 11.8 Å². The van der Waals surface area contributed by atoms with Crippen LogP contribution in [0.1, 0.15) is 5.56 Å². The van der Waals surface area contributed by atoms with Crippen LogP contribution in [-0.2, 0) is 13.5 Å². The summed E-state index contributed by atoms with van der Waals surface area (Å²) in [5, 5.41) is 4.37. The van der Waals surface area contributed by atoms with E-state index in [-0.39, 0.29) is 5.56 Å². The van der Waals surface area contributed by atoms with E-state index in [0.29, 0.717) is 34.3 Å². The summed E-state index contributed by atoms with van der Waals surface area (Å²) in [6.45, 7) is 0.649. The minimum atomic E-state index is -0.100. The molecule has 1 N–H and O–H groups in total. The molecule has 0 atom stereocenters. The number of anilines is 1. The Hall–Kier alpha value is -3.38. The van der Waals surface area contributed by atoms with Crippen LogP contribution in [0.25, 0.3) is 22.0 Å². The average molecular weight is 421 g/mol. The summed E-state index contributed by atoms with van der Waals surface area (Å²) in [6.07, 6.45) is 2.60. The second-order valence-electron chi connectivity index (χ2n) is 6.92. The fourth-order valence-electron chi connectivity index (χ4n) is 3.26. The van der Waals surface area contributed by atoms with Crippen LogP contribution in [0.2, 0.25) is 5.02 Å². The predicted octanol–water partition coefficient (Wildman–Crippen LogP) is 4.31. The molecule has 152 valence electrons. The van der Waals surface area contributed by atoms with E-state index in [2.05, 4.69) is 39.6 Å². The van der Waals surface area contributed by atoms with Crippen molar-refractivity contribution in [2.45, 2.75) is 6.42 Å². The number of hydrogen-bond acceptors (Lipinski definition) is 5. The summed E-state index contributed by atoms with van der Waals surface area (Å²) in [7, 11) is 3.31. The van der Waals surface area contributed by atoms with Gasteiger partial charge in [0.1, 0.15) is 0 Å². The van der Waals surface area contributed by atoms with Gasteiger partial charge in [-0.3, -0.25) is 9.36 Å².